The molecular formula is C10H10N2O2S. The number of thiazole rings is 1. The number of hydrogen-bond donors (Lipinski definition) is 3. The van der Waals surface area contributed by atoms with Gasteiger partial charge in [-0.05, 0) is 12.1 Å². The summed E-state index contributed by atoms with van der Waals surface area (Å²) in [5.74, 6) is 0.181. The van der Waals surface area contributed by atoms with E-state index in [0.29, 0.717) is 10.7 Å². The largest absolute Gasteiger partial charge is 0.508 e. The zero-order chi connectivity index (χ0) is 10.7. The number of nitrogens with one attached hydrogen (secondary N) is 1. The summed E-state index contributed by atoms with van der Waals surface area (Å²) >= 11 is 1.42. The lowest BCUT2D eigenvalue weighted by atomic mass is 10.2. The fraction of sp³-hybridized carbons (Fsp3) is 0.100. The lowest BCUT2D eigenvalue weighted by Crippen LogP contribution is -2.08. The van der Waals surface area contributed by atoms with Gasteiger partial charge < -0.3 is 15.5 Å². The third-order valence-corrected chi connectivity index (χ3v) is 2.61. The van der Waals surface area contributed by atoms with Crippen LogP contribution in [0.5, 0.6) is 5.75 Å². The minimum absolute atomic E-state index is 0.181. The molecule has 15 heavy (non-hydrogen) atoms. The molecule has 1 unspecified atom stereocenters. The first-order valence-electron chi connectivity index (χ1n) is 4.39. The Morgan fingerprint density at radius 2 is 2.00 bits per heavy atom. The molecule has 0 aliphatic heterocycles. The molecule has 4 nitrogen and oxygen atoms in total. The van der Waals surface area contributed by atoms with Crippen molar-refractivity contribution in [2.75, 3.05) is 5.32 Å². The second-order valence-corrected chi connectivity index (χ2v) is 3.87. The van der Waals surface area contributed by atoms with Crippen LogP contribution in [-0.4, -0.2) is 15.2 Å². The van der Waals surface area contributed by atoms with Gasteiger partial charge in [0.05, 0.1) is 0 Å². The number of phenols is 1. The second kappa shape index (κ2) is 4.29. The van der Waals surface area contributed by atoms with Gasteiger partial charge >= 0.3 is 0 Å². The molecule has 0 bridgehead atoms. The maximum atomic E-state index is 9.76. The van der Waals surface area contributed by atoms with Crippen molar-refractivity contribution in [1.82, 2.24) is 4.98 Å². The number of aromatic hydroxyl groups is 1. The minimum Gasteiger partial charge on any atom is -0.508 e. The highest BCUT2D eigenvalue weighted by Crippen LogP contribution is 2.20. The molecular weight excluding hydrogens is 212 g/mol. The third kappa shape index (κ3) is 2.45. The Morgan fingerprint density at radius 3 is 2.60 bits per heavy atom. The van der Waals surface area contributed by atoms with Gasteiger partial charge in [-0.1, -0.05) is 12.1 Å². The lowest BCUT2D eigenvalue weighted by Gasteiger charge is -2.11. The molecule has 0 spiro atoms. The number of aromatic nitrogens is 1. The number of rotatable bonds is 3. The van der Waals surface area contributed by atoms with Crippen molar-refractivity contribution in [2.45, 2.75) is 6.23 Å². The van der Waals surface area contributed by atoms with Gasteiger partial charge in [0.2, 0.25) is 0 Å². The van der Waals surface area contributed by atoms with Gasteiger partial charge in [-0.25, -0.2) is 4.98 Å². The summed E-state index contributed by atoms with van der Waals surface area (Å²) in [5.41, 5.74) is 0.683. The van der Waals surface area contributed by atoms with Crippen molar-refractivity contribution >= 4 is 16.5 Å². The van der Waals surface area contributed by atoms with Gasteiger partial charge in [0, 0.05) is 17.1 Å². The minimum atomic E-state index is -0.809. The Kier molecular flexibility index (Phi) is 2.84. The van der Waals surface area contributed by atoms with Crippen molar-refractivity contribution in [2.24, 2.45) is 0 Å². The first kappa shape index (κ1) is 9.95. The van der Waals surface area contributed by atoms with E-state index in [1.807, 2.05) is 5.38 Å². The van der Waals surface area contributed by atoms with E-state index in [1.165, 1.54) is 23.5 Å². The Bertz CT molecular complexity index is 413. The molecule has 1 atom stereocenters. The molecule has 0 amide bonds. The first-order chi connectivity index (χ1) is 7.25. The number of benzene rings is 1. The van der Waals surface area contributed by atoms with Gasteiger partial charge in [0.25, 0.3) is 0 Å². The fourth-order valence-corrected chi connectivity index (χ4v) is 1.70. The number of nitrogens with zero attached hydrogens (tertiary/aromatic N) is 1. The summed E-state index contributed by atoms with van der Waals surface area (Å²) in [6.45, 7) is 0. The first-order valence-corrected chi connectivity index (χ1v) is 5.27. The second-order valence-electron chi connectivity index (χ2n) is 2.98. The monoisotopic (exact) mass is 222 g/mol. The highest BCUT2D eigenvalue weighted by molar-refractivity contribution is 7.13. The number of hydrogen-bond acceptors (Lipinski definition) is 5. The van der Waals surface area contributed by atoms with Crippen LogP contribution in [0.15, 0.2) is 35.8 Å². The summed E-state index contributed by atoms with van der Waals surface area (Å²) in [6.07, 6.45) is 0.855. The average molecular weight is 222 g/mol. The van der Waals surface area contributed by atoms with E-state index in [0.717, 1.165) is 0 Å². The van der Waals surface area contributed by atoms with Gasteiger partial charge in [-0.2, -0.15) is 0 Å². The van der Waals surface area contributed by atoms with Crippen LogP contribution < -0.4 is 5.32 Å². The van der Waals surface area contributed by atoms with E-state index in [9.17, 15) is 5.11 Å². The summed E-state index contributed by atoms with van der Waals surface area (Å²) < 4.78 is 0. The van der Waals surface area contributed by atoms with Crippen LogP contribution in [0.25, 0.3) is 0 Å². The average Bonchev–Trinajstić information content (AvgIpc) is 2.71. The Hall–Kier alpha value is -1.59. The van der Waals surface area contributed by atoms with Gasteiger partial charge in [0.1, 0.15) is 5.75 Å². The van der Waals surface area contributed by atoms with Crippen molar-refractivity contribution in [3.05, 3.63) is 41.4 Å². The highest BCUT2D eigenvalue weighted by atomic mass is 32.1. The molecule has 0 aliphatic rings. The Balaban J connectivity index is 2.08. The van der Waals surface area contributed by atoms with Gasteiger partial charge in [-0.15, -0.1) is 11.3 Å². The van der Waals surface area contributed by atoms with E-state index in [-0.39, 0.29) is 5.75 Å². The predicted octanol–water partition coefficient (Wildman–Crippen LogP) is 1.95. The van der Waals surface area contributed by atoms with E-state index < -0.39 is 6.23 Å². The van der Waals surface area contributed by atoms with Crippen molar-refractivity contribution in [3.8, 4) is 5.75 Å². The third-order valence-electron chi connectivity index (χ3n) is 1.90. The normalized spacial score (nSPS) is 12.3. The van der Waals surface area contributed by atoms with Gasteiger partial charge in [-0.3, -0.25) is 0 Å². The van der Waals surface area contributed by atoms with Gasteiger partial charge in [0.15, 0.2) is 11.4 Å². The molecule has 78 valence electrons. The van der Waals surface area contributed by atoms with E-state index in [1.54, 1.807) is 18.3 Å². The molecule has 2 rings (SSSR count). The quantitative estimate of drug-likeness (QED) is 0.694. The smallest absolute Gasteiger partial charge is 0.184 e. The molecule has 1 heterocycles. The number of aliphatic hydroxyl groups is 1. The van der Waals surface area contributed by atoms with E-state index in [4.69, 9.17) is 5.11 Å². The van der Waals surface area contributed by atoms with Crippen LogP contribution in [0.1, 0.15) is 11.8 Å². The standard InChI is InChI=1S/C10H10N2O2S/c13-8-3-1-7(2-4-8)9(14)12-10-11-5-6-15-10/h1-6,9,13-14H,(H,11,12). The molecule has 1 aromatic heterocycles. The molecule has 2 aromatic rings. The van der Waals surface area contributed by atoms with Crippen molar-refractivity contribution in [1.29, 1.82) is 0 Å². The van der Waals surface area contributed by atoms with Crippen LogP contribution in [0.3, 0.4) is 0 Å². The molecule has 1 aromatic carbocycles. The summed E-state index contributed by atoms with van der Waals surface area (Å²) in [5, 5.41) is 24.2. The maximum absolute atomic E-state index is 9.76. The number of anilines is 1. The number of aliphatic hydroxyl groups excluding tert-OH is 1. The zero-order valence-electron chi connectivity index (χ0n) is 7.79. The predicted molar refractivity (Wildman–Crippen MR) is 58.8 cm³/mol. The van der Waals surface area contributed by atoms with Crippen LogP contribution in [-0.2, 0) is 0 Å². The van der Waals surface area contributed by atoms with Crippen LogP contribution >= 0.6 is 11.3 Å². The molecule has 0 aliphatic carbocycles. The van der Waals surface area contributed by atoms with Crippen LogP contribution in [0.2, 0.25) is 0 Å². The molecule has 0 fully saturated rings. The van der Waals surface area contributed by atoms with Crippen LogP contribution in [0.4, 0.5) is 5.13 Å². The van der Waals surface area contributed by atoms with E-state index in [2.05, 4.69) is 10.3 Å². The topological polar surface area (TPSA) is 65.4 Å². The molecule has 0 saturated heterocycles. The highest BCUT2D eigenvalue weighted by Gasteiger charge is 2.07. The molecule has 0 saturated carbocycles. The maximum Gasteiger partial charge on any atom is 0.184 e. The molecule has 0 radical (unpaired) electrons. The van der Waals surface area contributed by atoms with Crippen molar-refractivity contribution in [3.63, 3.8) is 0 Å². The molecule has 3 N–H and O–H groups in total. The fourth-order valence-electron chi connectivity index (χ4n) is 1.15. The Morgan fingerprint density at radius 1 is 1.27 bits per heavy atom. The SMILES string of the molecule is Oc1ccc(C(O)Nc2nccs2)cc1. The Labute approximate surface area is 90.9 Å². The summed E-state index contributed by atoms with van der Waals surface area (Å²) in [7, 11) is 0. The molecule has 5 heteroatoms. The summed E-state index contributed by atoms with van der Waals surface area (Å²) in [4.78, 5) is 4.00. The zero-order valence-corrected chi connectivity index (χ0v) is 8.61. The van der Waals surface area contributed by atoms with Crippen LogP contribution in [0, 0.1) is 0 Å². The van der Waals surface area contributed by atoms with Crippen molar-refractivity contribution < 1.29 is 10.2 Å². The lowest BCUT2D eigenvalue weighted by molar-refractivity contribution is 0.208. The summed E-state index contributed by atoms with van der Waals surface area (Å²) in [6, 6.07) is 6.37. The van der Waals surface area contributed by atoms with E-state index >= 15 is 0 Å². The number of phenolic OH excluding ortho intramolecular Hbond substituents is 1.